The van der Waals surface area contributed by atoms with Crippen LogP contribution in [0.4, 0.5) is 0 Å². The van der Waals surface area contributed by atoms with E-state index < -0.39 is 6.10 Å². The van der Waals surface area contributed by atoms with Crippen LogP contribution < -0.4 is 0 Å². The Morgan fingerprint density at radius 1 is 0.292 bits per heavy atom. The van der Waals surface area contributed by atoms with Crippen molar-refractivity contribution in [1.82, 2.24) is 0 Å². The van der Waals surface area contributed by atoms with Gasteiger partial charge >= 0.3 is 17.9 Å². The average Bonchev–Trinajstić information content (AvgIpc) is 3.38. The number of ether oxygens (including phenoxy) is 3. The summed E-state index contributed by atoms with van der Waals surface area (Å²) in [6.07, 6.45) is 83.0. The smallest absolute Gasteiger partial charge is 0.306 e. The first-order chi connectivity index (χ1) is 35.5. The van der Waals surface area contributed by atoms with Gasteiger partial charge in [0.25, 0.3) is 0 Å². The number of allylic oxidation sites excluding steroid dienone is 22. The fourth-order valence-corrected chi connectivity index (χ4v) is 7.55. The lowest BCUT2D eigenvalue weighted by molar-refractivity contribution is -0.167. The molecule has 0 aromatic rings. The number of hydrogen-bond donors (Lipinski definition) is 0. The van der Waals surface area contributed by atoms with Gasteiger partial charge in [-0.1, -0.05) is 225 Å². The van der Waals surface area contributed by atoms with Crippen LogP contribution in [0, 0.1) is 0 Å². The first-order valence-electron chi connectivity index (χ1n) is 29.2. The van der Waals surface area contributed by atoms with Crippen LogP contribution in [0.1, 0.15) is 245 Å². The molecule has 0 heterocycles. The highest BCUT2D eigenvalue weighted by molar-refractivity contribution is 5.71. The van der Waals surface area contributed by atoms with Gasteiger partial charge in [-0.05, 0) is 135 Å². The number of rotatable bonds is 51. The number of carbonyl (C=O) groups excluding carboxylic acids is 3. The number of esters is 3. The Balaban J connectivity index is 4.54. The predicted molar refractivity (Wildman–Crippen MR) is 311 cm³/mol. The van der Waals surface area contributed by atoms with Gasteiger partial charge in [-0.15, -0.1) is 0 Å². The maximum Gasteiger partial charge on any atom is 0.306 e. The number of unbranched alkanes of at least 4 members (excludes halogenated alkanes) is 18. The van der Waals surface area contributed by atoms with Crippen molar-refractivity contribution in [3.63, 3.8) is 0 Å². The minimum Gasteiger partial charge on any atom is -0.462 e. The van der Waals surface area contributed by atoms with Crippen LogP contribution in [0.2, 0.25) is 0 Å². The van der Waals surface area contributed by atoms with Crippen LogP contribution in [0.5, 0.6) is 0 Å². The molecule has 1 atom stereocenters. The zero-order valence-corrected chi connectivity index (χ0v) is 46.4. The lowest BCUT2D eigenvalue weighted by Gasteiger charge is -2.18. The number of carbonyl (C=O) groups is 3. The van der Waals surface area contributed by atoms with E-state index in [4.69, 9.17) is 14.2 Å². The van der Waals surface area contributed by atoms with E-state index in [9.17, 15) is 14.4 Å². The second-order valence-electron chi connectivity index (χ2n) is 18.8. The Hall–Kier alpha value is -4.45. The molecule has 0 N–H and O–H groups in total. The standard InChI is InChI=1S/C66H106O6/c1-4-7-10-13-16-19-22-25-28-30-32-33-34-36-38-41-44-47-50-53-56-59-65(68)71-62-63(61-70-64(67)58-55-52-49-46-43-40-37-27-24-21-18-15-12-9-6-3)72-66(69)60-57-54-51-48-45-42-39-35-31-29-26-23-20-17-14-11-8-5-2/h7,9-10,12,16,18-19,21,25,27-29,31-33,36-38,43-44,46-47,63H,4-6,8,11,13-15,17,20,22-24,26,30,34-35,39-42,45,48-62H2,1-3H3/b10-7-,12-9-,19-16-,21-18-,28-25-,31-29-,33-32-,37-27-,38-36-,46-43-,47-44-. The summed E-state index contributed by atoms with van der Waals surface area (Å²) < 4.78 is 16.8. The molecule has 0 aromatic carbocycles. The fourth-order valence-electron chi connectivity index (χ4n) is 7.55. The zero-order chi connectivity index (χ0) is 52.2. The van der Waals surface area contributed by atoms with Gasteiger partial charge in [-0.25, -0.2) is 0 Å². The topological polar surface area (TPSA) is 78.9 Å². The summed E-state index contributed by atoms with van der Waals surface area (Å²) in [5.74, 6) is -1.01. The van der Waals surface area contributed by atoms with Crippen LogP contribution >= 0.6 is 0 Å². The minimum atomic E-state index is -0.821. The lowest BCUT2D eigenvalue weighted by atomic mass is 10.1. The average molecular weight is 996 g/mol. The third-order valence-electron chi connectivity index (χ3n) is 11.9. The molecule has 6 nitrogen and oxygen atoms in total. The predicted octanol–water partition coefficient (Wildman–Crippen LogP) is 19.8. The molecular weight excluding hydrogens is 889 g/mol. The van der Waals surface area contributed by atoms with Gasteiger partial charge < -0.3 is 14.2 Å². The van der Waals surface area contributed by atoms with Crippen molar-refractivity contribution in [3.8, 4) is 0 Å². The molecule has 0 aliphatic heterocycles. The summed E-state index contributed by atoms with van der Waals surface area (Å²) in [5.41, 5.74) is 0. The minimum absolute atomic E-state index is 0.119. The first-order valence-corrected chi connectivity index (χ1v) is 29.2. The Labute approximate surface area is 443 Å². The summed E-state index contributed by atoms with van der Waals surface area (Å²) in [7, 11) is 0. The third-order valence-corrected chi connectivity index (χ3v) is 11.9. The van der Waals surface area contributed by atoms with Crippen molar-refractivity contribution < 1.29 is 28.6 Å². The molecule has 6 heteroatoms. The van der Waals surface area contributed by atoms with Gasteiger partial charge in [0.1, 0.15) is 13.2 Å². The van der Waals surface area contributed by atoms with Gasteiger partial charge in [-0.2, -0.15) is 0 Å². The normalized spacial score (nSPS) is 13.1. The summed E-state index contributed by atoms with van der Waals surface area (Å²) >= 11 is 0. The van der Waals surface area contributed by atoms with Gasteiger partial charge in [0.15, 0.2) is 6.10 Å². The van der Waals surface area contributed by atoms with Crippen molar-refractivity contribution in [2.75, 3.05) is 13.2 Å². The summed E-state index contributed by atoms with van der Waals surface area (Å²) in [5, 5.41) is 0. The van der Waals surface area contributed by atoms with Gasteiger partial charge in [-0.3, -0.25) is 14.4 Å². The summed E-state index contributed by atoms with van der Waals surface area (Å²) in [4.78, 5) is 38.2. The van der Waals surface area contributed by atoms with E-state index in [1.54, 1.807) is 0 Å². The second kappa shape index (κ2) is 59.1. The van der Waals surface area contributed by atoms with E-state index in [0.717, 1.165) is 109 Å². The molecule has 406 valence electrons. The Morgan fingerprint density at radius 3 is 0.889 bits per heavy atom. The number of hydrogen-bond acceptors (Lipinski definition) is 6. The molecule has 0 rings (SSSR count). The van der Waals surface area contributed by atoms with E-state index in [0.29, 0.717) is 32.1 Å². The molecule has 0 fully saturated rings. The molecule has 72 heavy (non-hydrogen) atoms. The quantitative estimate of drug-likeness (QED) is 0.0261. The van der Waals surface area contributed by atoms with E-state index >= 15 is 0 Å². The highest BCUT2D eigenvalue weighted by atomic mass is 16.6. The summed E-state index contributed by atoms with van der Waals surface area (Å²) in [6.45, 7) is 6.33. The van der Waals surface area contributed by atoms with Crippen LogP contribution in [0.3, 0.4) is 0 Å². The highest BCUT2D eigenvalue weighted by Gasteiger charge is 2.19. The van der Waals surface area contributed by atoms with Crippen molar-refractivity contribution in [3.05, 3.63) is 134 Å². The largest absolute Gasteiger partial charge is 0.462 e. The Bertz CT molecular complexity index is 1560. The van der Waals surface area contributed by atoms with Gasteiger partial charge in [0.2, 0.25) is 0 Å². The molecule has 0 saturated heterocycles. The molecule has 0 spiro atoms. The van der Waals surface area contributed by atoms with E-state index in [1.807, 2.05) is 0 Å². The molecule has 0 saturated carbocycles. The highest BCUT2D eigenvalue weighted by Crippen LogP contribution is 2.14. The van der Waals surface area contributed by atoms with E-state index in [1.165, 1.54) is 83.5 Å². The van der Waals surface area contributed by atoms with Crippen molar-refractivity contribution in [1.29, 1.82) is 0 Å². The van der Waals surface area contributed by atoms with Crippen molar-refractivity contribution in [2.24, 2.45) is 0 Å². The second-order valence-corrected chi connectivity index (χ2v) is 18.8. The van der Waals surface area contributed by atoms with Gasteiger partial charge in [0, 0.05) is 19.3 Å². The van der Waals surface area contributed by atoms with Crippen LogP contribution in [0.15, 0.2) is 134 Å². The third kappa shape index (κ3) is 56.5. The van der Waals surface area contributed by atoms with E-state index in [-0.39, 0.29) is 31.1 Å². The van der Waals surface area contributed by atoms with Crippen molar-refractivity contribution in [2.45, 2.75) is 252 Å². The molecule has 0 radical (unpaired) electrons. The SMILES string of the molecule is CC/C=C\C/C=C\C/C=C\C/C=C\C/C=C\C/C=C\CCCCC(=O)OCC(COC(=O)CCCC/C=C\C/C=C\C/C=C\C/C=C\CC)OC(=O)CCCCCCCCC/C=C\CCCCCCCCC. The molecule has 1 unspecified atom stereocenters. The molecular formula is C66H106O6. The monoisotopic (exact) mass is 995 g/mol. The first kappa shape index (κ1) is 67.5. The molecule has 0 aliphatic carbocycles. The zero-order valence-electron chi connectivity index (χ0n) is 46.4. The Kier molecular flexibility index (Phi) is 55.5. The van der Waals surface area contributed by atoms with Crippen molar-refractivity contribution >= 4 is 17.9 Å². The van der Waals surface area contributed by atoms with Gasteiger partial charge in [0.05, 0.1) is 0 Å². The maximum absolute atomic E-state index is 12.9. The Morgan fingerprint density at radius 2 is 0.542 bits per heavy atom. The van der Waals surface area contributed by atoms with Crippen LogP contribution in [-0.4, -0.2) is 37.2 Å². The molecule has 0 aromatic heterocycles. The fraction of sp³-hybridized carbons (Fsp3) is 0.621. The van der Waals surface area contributed by atoms with Crippen LogP contribution in [-0.2, 0) is 28.6 Å². The maximum atomic E-state index is 12.9. The summed E-state index contributed by atoms with van der Waals surface area (Å²) in [6, 6.07) is 0. The lowest BCUT2D eigenvalue weighted by Crippen LogP contribution is -2.30. The van der Waals surface area contributed by atoms with Crippen LogP contribution in [0.25, 0.3) is 0 Å². The molecule has 0 bridgehead atoms. The molecule has 0 amide bonds. The molecule has 0 aliphatic rings. The van der Waals surface area contributed by atoms with E-state index in [2.05, 4.69) is 154 Å².